The number of hydrogen-bond donors (Lipinski definition) is 4. The van der Waals surface area contributed by atoms with Crippen LogP contribution in [0.2, 0.25) is 0 Å². The van der Waals surface area contributed by atoms with E-state index in [4.69, 9.17) is 9.47 Å². The summed E-state index contributed by atoms with van der Waals surface area (Å²) in [6.45, 7) is 8.01. The van der Waals surface area contributed by atoms with Crippen LogP contribution in [0.15, 0.2) is 54.6 Å². The van der Waals surface area contributed by atoms with Crippen LogP contribution in [-0.4, -0.2) is 117 Å². The Morgan fingerprint density at radius 3 is 2.39 bits per heavy atom. The van der Waals surface area contributed by atoms with Gasteiger partial charge in [-0.1, -0.05) is 56.3 Å². The number of rotatable bonds is 8. The first-order valence-electron chi connectivity index (χ1n) is 17.1. The van der Waals surface area contributed by atoms with Gasteiger partial charge in [-0.3, -0.25) is 28.9 Å². The molecule has 13 nitrogen and oxygen atoms in total. The number of likely N-dealkylation sites (N-methyl/N-ethyl adjacent to an activating group) is 1. The van der Waals surface area contributed by atoms with Crippen LogP contribution in [0.4, 0.5) is 0 Å². The molecule has 2 aliphatic heterocycles. The number of carbonyl (C=O) groups excluding carboxylic acids is 5. The van der Waals surface area contributed by atoms with E-state index in [1.165, 1.54) is 11.9 Å². The molecule has 0 radical (unpaired) electrons. The lowest BCUT2D eigenvalue weighted by Gasteiger charge is -2.31. The zero-order valence-electron chi connectivity index (χ0n) is 28.7. The maximum Gasteiger partial charge on any atom is 0.255 e. The maximum absolute atomic E-state index is 13.9. The number of benzene rings is 2. The van der Waals surface area contributed by atoms with Gasteiger partial charge in [0.25, 0.3) is 5.91 Å². The molecule has 4 N–H and O–H groups in total. The summed E-state index contributed by atoms with van der Waals surface area (Å²) < 4.78 is 11.3. The number of ether oxygens (including phenoxy) is 2. The number of para-hydroxylation sites is 1. The third kappa shape index (κ3) is 11.6. The third-order valence-electron chi connectivity index (χ3n) is 8.61. The lowest BCUT2D eigenvalue weighted by molar-refractivity contribution is -0.141. The molecule has 1 saturated heterocycles. The van der Waals surface area contributed by atoms with E-state index in [0.29, 0.717) is 44.9 Å². The molecule has 4 rings (SSSR count). The van der Waals surface area contributed by atoms with Crippen molar-refractivity contribution in [1.29, 1.82) is 0 Å². The first-order valence-corrected chi connectivity index (χ1v) is 17.1. The number of amides is 5. The lowest BCUT2D eigenvalue weighted by atomic mass is 9.99. The second kappa shape index (κ2) is 18.9. The maximum atomic E-state index is 13.9. The molecular formula is C36H50N6O7. The smallest absolute Gasteiger partial charge is 0.255 e. The molecule has 3 atom stereocenters. The van der Waals surface area contributed by atoms with E-state index >= 15 is 0 Å². The lowest BCUT2D eigenvalue weighted by Crippen LogP contribution is -2.56. The summed E-state index contributed by atoms with van der Waals surface area (Å²) in [5.74, 6) is -2.09. The first-order chi connectivity index (χ1) is 23.6. The van der Waals surface area contributed by atoms with E-state index < -0.39 is 41.8 Å². The Bertz CT molecular complexity index is 1420. The van der Waals surface area contributed by atoms with Gasteiger partial charge in [-0.2, -0.15) is 0 Å². The predicted molar refractivity (Wildman–Crippen MR) is 184 cm³/mol. The van der Waals surface area contributed by atoms with Crippen LogP contribution < -0.4 is 26.0 Å². The molecule has 0 saturated carbocycles. The highest BCUT2D eigenvalue weighted by Gasteiger charge is 2.34. The first kappa shape index (κ1) is 37.3. The molecule has 266 valence electrons. The highest BCUT2D eigenvalue weighted by atomic mass is 16.5. The molecule has 2 heterocycles. The molecule has 1 fully saturated rings. The van der Waals surface area contributed by atoms with Gasteiger partial charge in [0.2, 0.25) is 23.6 Å². The molecule has 5 amide bonds. The van der Waals surface area contributed by atoms with Gasteiger partial charge in [-0.15, -0.1) is 0 Å². The zero-order chi connectivity index (χ0) is 35.2. The van der Waals surface area contributed by atoms with Crippen LogP contribution in [0.25, 0.3) is 0 Å². The summed E-state index contributed by atoms with van der Waals surface area (Å²) >= 11 is 0. The highest BCUT2D eigenvalue weighted by Crippen LogP contribution is 2.19. The quantitative estimate of drug-likeness (QED) is 0.324. The van der Waals surface area contributed by atoms with E-state index in [2.05, 4.69) is 26.2 Å². The molecule has 0 spiro atoms. The number of fused-ring (bicyclic) bond motifs is 1. The van der Waals surface area contributed by atoms with Gasteiger partial charge in [0.05, 0.1) is 31.8 Å². The Kier molecular flexibility index (Phi) is 14.4. The minimum atomic E-state index is -1.22. The molecule has 0 aliphatic carbocycles. The Hall–Kier alpha value is -4.49. The van der Waals surface area contributed by atoms with Crippen LogP contribution in [0.3, 0.4) is 0 Å². The van der Waals surface area contributed by atoms with Crippen molar-refractivity contribution in [2.45, 2.75) is 57.7 Å². The fraction of sp³-hybridized carbons (Fsp3) is 0.528. The number of morpholine rings is 1. The third-order valence-corrected chi connectivity index (χ3v) is 8.61. The number of nitrogens with one attached hydrogen (secondary N) is 4. The van der Waals surface area contributed by atoms with Crippen LogP contribution in [0.5, 0.6) is 5.75 Å². The van der Waals surface area contributed by atoms with Crippen molar-refractivity contribution >= 4 is 29.5 Å². The second-order valence-corrected chi connectivity index (χ2v) is 12.9. The van der Waals surface area contributed by atoms with Crippen LogP contribution >= 0.6 is 0 Å². The molecule has 2 aromatic carbocycles. The van der Waals surface area contributed by atoms with Gasteiger partial charge in [0, 0.05) is 46.2 Å². The van der Waals surface area contributed by atoms with Gasteiger partial charge in [-0.25, -0.2) is 0 Å². The average Bonchev–Trinajstić information content (AvgIpc) is 3.10. The van der Waals surface area contributed by atoms with Crippen molar-refractivity contribution in [2.24, 2.45) is 5.92 Å². The summed E-state index contributed by atoms with van der Waals surface area (Å²) in [7, 11) is 1.51. The monoisotopic (exact) mass is 678 g/mol. The number of hydrogen-bond acceptors (Lipinski definition) is 8. The standard InChI is InChI=1S/C36H50N6O7/c1-25(2)22-30-36(47)40-28(23-26-10-5-4-6-11-26)34(45)37-14-9-19-49-31-13-8-7-12-27(31)33(44)39-29(24-32(43)41(30)3)35(46)38-15-16-42-17-20-48-21-18-42/h4-8,10-13,25,28-30H,9,14-24H2,1-3H3,(H,37,45)(H,38,46)(H,39,44)(H,40,47)/t28-,29-,30-/m0/s1. The topological polar surface area (TPSA) is 158 Å². The normalized spacial score (nSPS) is 22.1. The fourth-order valence-electron chi connectivity index (χ4n) is 5.81. The van der Waals surface area contributed by atoms with E-state index in [9.17, 15) is 24.0 Å². The van der Waals surface area contributed by atoms with Crippen LogP contribution in [-0.2, 0) is 30.3 Å². The van der Waals surface area contributed by atoms with Gasteiger partial charge in [0.1, 0.15) is 23.9 Å². The molecule has 0 aromatic heterocycles. The minimum absolute atomic E-state index is 0.0285. The fourth-order valence-corrected chi connectivity index (χ4v) is 5.81. The molecule has 0 bridgehead atoms. The predicted octanol–water partition coefficient (Wildman–Crippen LogP) is 1.12. The summed E-state index contributed by atoms with van der Waals surface area (Å²) in [6, 6.07) is 13.0. The Morgan fingerprint density at radius 2 is 1.65 bits per heavy atom. The Balaban J connectivity index is 1.60. The van der Waals surface area contributed by atoms with Crippen molar-refractivity contribution in [3.05, 3.63) is 65.7 Å². The van der Waals surface area contributed by atoms with E-state index in [1.54, 1.807) is 24.3 Å². The van der Waals surface area contributed by atoms with Crippen molar-refractivity contribution in [3.8, 4) is 5.75 Å². The highest BCUT2D eigenvalue weighted by molar-refractivity contribution is 6.01. The molecule has 49 heavy (non-hydrogen) atoms. The molecule has 2 aromatic rings. The van der Waals surface area contributed by atoms with E-state index in [1.807, 2.05) is 44.2 Å². The largest absolute Gasteiger partial charge is 0.493 e. The molecular weight excluding hydrogens is 628 g/mol. The van der Waals surface area contributed by atoms with Crippen LogP contribution in [0.1, 0.15) is 49.0 Å². The van der Waals surface area contributed by atoms with Crippen molar-refractivity contribution in [1.82, 2.24) is 31.1 Å². The van der Waals surface area contributed by atoms with E-state index in [-0.39, 0.29) is 43.4 Å². The van der Waals surface area contributed by atoms with Gasteiger partial charge < -0.3 is 35.6 Å². The molecule has 2 aliphatic rings. The summed E-state index contributed by atoms with van der Waals surface area (Å²) in [6.07, 6.45) is 0.633. The summed E-state index contributed by atoms with van der Waals surface area (Å²) in [5.41, 5.74) is 1.08. The van der Waals surface area contributed by atoms with Gasteiger partial charge in [-0.05, 0) is 36.5 Å². The minimum Gasteiger partial charge on any atom is -0.493 e. The van der Waals surface area contributed by atoms with Crippen molar-refractivity contribution in [3.63, 3.8) is 0 Å². The van der Waals surface area contributed by atoms with Crippen molar-refractivity contribution in [2.75, 3.05) is 59.6 Å². The SMILES string of the molecule is CC(C)C[C@H]1C(=O)N[C@@H](Cc2ccccc2)C(=O)NCCCOc2ccccc2C(=O)N[C@H](C(=O)NCCN2CCOCC2)CC(=O)N1C. The second-order valence-electron chi connectivity index (χ2n) is 12.9. The van der Waals surface area contributed by atoms with E-state index in [0.717, 1.165) is 18.7 Å². The number of nitrogens with zero attached hydrogens (tertiary/aromatic N) is 2. The summed E-state index contributed by atoms with van der Waals surface area (Å²) in [4.78, 5) is 71.8. The van der Waals surface area contributed by atoms with Gasteiger partial charge >= 0.3 is 0 Å². The summed E-state index contributed by atoms with van der Waals surface area (Å²) in [5, 5.41) is 11.4. The Morgan fingerprint density at radius 1 is 0.939 bits per heavy atom. The number of carbonyl (C=O) groups is 5. The van der Waals surface area contributed by atoms with Crippen LogP contribution in [0, 0.1) is 5.92 Å². The average molecular weight is 679 g/mol. The Labute approximate surface area is 288 Å². The van der Waals surface area contributed by atoms with Crippen molar-refractivity contribution < 1.29 is 33.4 Å². The molecule has 0 unspecified atom stereocenters. The van der Waals surface area contributed by atoms with Gasteiger partial charge in [0.15, 0.2) is 0 Å². The molecule has 13 heteroatoms. The zero-order valence-corrected chi connectivity index (χ0v) is 28.7.